The Kier molecular flexibility index (Phi) is 6.40. The fourth-order valence-electron chi connectivity index (χ4n) is 7.85. The van der Waals surface area contributed by atoms with Crippen LogP contribution in [0.5, 0.6) is 0 Å². The summed E-state index contributed by atoms with van der Waals surface area (Å²) in [6.45, 7) is 5.31. The summed E-state index contributed by atoms with van der Waals surface area (Å²) in [5.41, 5.74) is -16.8. The second-order valence-corrected chi connectivity index (χ2v) is 12.6. The molecule has 0 aromatic rings. The van der Waals surface area contributed by atoms with Crippen molar-refractivity contribution in [3.63, 3.8) is 0 Å². The number of hydrogen-bond acceptors (Lipinski definition) is 4. The van der Waals surface area contributed by atoms with E-state index in [4.69, 9.17) is 4.74 Å². The molecule has 5 nitrogen and oxygen atoms in total. The molecular weight excluding hydrogens is 587 g/mol. The van der Waals surface area contributed by atoms with Gasteiger partial charge in [0, 0.05) is 24.3 Å². The van der Waals surface area contributed by atoms with E-state index in [2.05, 4.69) is 0 Å². The van der Waals surface area contributed by atoms with Crippen molar-refractivity contribution in [1.82, 2.24) is 4.90 Å². The molecule has 0 aromatic heterocycles. The molecule has 3 aliphatic carbocycles. The third-order valence-electron chi connectivity index (χ3n) is 9.63. The fourth-order valence-corrected chi connectivity index (χ4v) is 7.85. The number of esters is 1. The quantitative estimate of drug-likeness (QED) is 0.230. The van der Waals surface area contributed by atoms with Gasteiger partial charge in [-0.1, -0.05) is 6.92 Å². The molecule has 2 bridgehead atoms. The summed E-state index contributed by atoms with van der Waals surface area (Å²) >= 11 is 0. The van der Waals surface area contributed by atoms with Crippen molar-refractivity contribution in [2.45, 2.75) is 88.8 Å². The van der Waals surface area contributed by atoms with Gasteiger partial charge in [0.1, 0.15) is 5.60 Å². The van der Waals surface area contributed by atoms with Gasteiger partial charge in [-0.2, -0.15) is 39.5 Å². The minimum atomic E-state index is -6.70. The molecule has 1 heterocycles. The van der Waals surface area contributed by atoms with Crippen LogP contribution in [0.3, 0.4) is 0 Å². The van der Waals surface area contributed by atoms with Crippen LogP contribution in [-0.2, 0) is 19.1 Å². The summed E-state index contributed by atoms with van der Waals surface area (Å²) in [7, 11) is 0. The molecule has 16 heteroatoms. The highest BCUT2D eigenvalue weighted by Gasteiger charge is 3.05. The van der Waals surface area contributed by atoms with Gasteiger partial charge >= 0.3 is 29.9 Å². The topological polar surface area (TPSA) is 63.7 Å². The molecule has 0 spiro atoms. The Morgan fingerprint density at radius 1 is 0.854 bits per heavy atom. The van der Waals surface area contributed by atoms with Crippen LogP contribution in [-0.4, -0.2) is 70.1 Å². The SMILES string of the molecule is CCN1C(=O)C(C)C(C2C(C(C)(C(=O)OC(C)(C)C)C(F)(F)F)C3CC2C2(F)C(F)(F)C(F)(F)C(F)(F)C32F)C1=O. The fraction of sp³-hybridized carbons (Fsp3) is 0.880. The van der Waals surface area contributed by atoms with Crippen molar-refractivity contribution in [3.8, 4) is 0 Å². The lowest BCUT2D eigenvalue weighted by atomic mass is 9.53. The van der Waals surface area contributed by atoms with Crippen LogP contribution >= 0.6 is 0 Å². The van der Waals surface area contributed by atoms with E-state index in [-0.39, 0.29) is 13.5 Å². The summed E-state index contributed by atoms with van der Waals surface area (Å²) in [6.07, 6.45) is -7.40. The van der Waals surface area contributed by atoms with Crippen molar-refractivity contribution in [2.24, 2.45) is 40.9 Å². The van der Waals surface area contributed by atoms with Gasteiger partial charge < -0.3 is 4.74 Å². The zero-order valence-electron chi connectivity index (χ0n) is 22.6. The van der Waals surface area contributed by atoms with Crippen molar-refractivity contribution in [1.29, 1.82) is 0 Å². The zero-order chi connectivity index (χ0) is 31.9. The lowest BCUT2D eigenvalue weighted by Crippen LogP contribution is -2.69. The van der Waals surface area contributed by atoms with E-state index < -0.39 is 106 Å². The monoisotopic (exact) mass is 615 g/mol. The van der Waals surface area contributed by atoms with Gasteiger partial charge in [-0.05, 0) is 52.9 Å². The van der Waals surface area contributed by atoms with Gasteiger partial charge in [-0.15, -0.1) is 0 Å². The molecule has 4 fully saturated rings. The van der Waals surface area contributed by atoms with Gasteiger partial charge in [-0.25, -0.2) is 8.78 Å². The molecule has 4 aliphatic rings. The van der Waals surface area contributed by atoms with Crippen LogP contribution in [0.4, 0.5) is 48.3 Å². The van der Waals surface area contributed by atoms with Crippen LogP contribution in [0.1, 0.15) is 48.0 Å². The number of carbonyl (C=O) groups excluding carboxylic acids is 3. The number of rotatable bonds is 4. The van der Waals surface area contributed by atoms with Crippen LogP contribution in [0.25, 0.3) is 0 Å². The van der Waals surface area contributed by atoms with E-state index in [0.717, 1.165) is 27.7 Å². The Morgan fingerprint density at radius 2 is 1.32 bits per heavy atom. The lowest BCUT2D eigenvalue weighted by molar-refractivity contribution is -0.300. The maximum atomic E-state index is 16.4. The number of alkyl halides is 11. The average molecular weight is 615 g/mol. The molecule has 9 atom stereocenters. The Bertz CT molecular complexity index is 1180. The maximum absolute atomic E-state index is 16.4. The van der Waals surface area contributed by atoms with E-state index in [1.165, 1.54) is 6.92 Å². The third kappa shape index (κ3) is 3.22. The van der Waals surface area contributed by atoms with Crippen molar-refractivity contribution in [3.05, 3.63) is 0 Å². The molecule has 1 saturated heterocycles. The highest BCUT2D eigenvalue weighted by molar-refractivity contribution is 6.05. The molecular formula is C25H28F11NO4. The third-order valence-corrected chi connectivity index (χ3v) is 9.63. The molecule has 0 aromatic carbocycles. The first kappa shape index (κ1) is 31.8. The van der Waals surface area contributed by atoms with E-state index in [0.29, 0.717) is 4.90 Å². The molecule has 3 saturated carbocycles. The standard InChI is InChI=1S/C25H28F11NO4/c1-7-37-15(38)9(2)12(16(37)39)13-10-8-11(14(13)19(6,25(34,35)36)17(40)41-18(3,4)5)21(27)20(10,26)22(28,29)24(32,33)23(21,30)31/h9-14H,7-8H2,1-6H3. The summed E-state index contributed by atoms with van der Waals surface area (Å²) in [5, 5.41) is 0. The number of likely N-dealkylation sites (tertiary alicyclic amines) is 1. The van der Waals surface area contributed by atoms with E-state index >= 15 is 26.3 Å². The molecule has 0 radical (unpaired) electrons. The van der Waals surface area contributed by atoms with Gasteiger partial charge in [0.2, 0.25) is 23.2 Å². The van der Waals surface area contributed by atoms with Gasteiger partial charge in [0.05, 0.1) is 5.92 Å². The molecule has 9 unspecified atom stereocenters. The highest BCUT2D eigenvalue weighted by Crippen LogP contribution is 2.83. The minimum Gasteiger partial charge on any atom is -0.459 e. The van der Waals surface area contributed by atoms with Crippen LogP contribution < -0.4 is 0 Å². The van der Waals surface area contributed by atoms with Crippen LogP contribution in [0.2, 0.25) is 0 Å². The number of carbonyl (C=O) groups is 3. The number of fused-ring (bicyclic) bond motifs is 5. The first-order valence-corrected chi connectivity index (χ1v) is 12.8. The Labute approximate surface area is 227 Å². The van der Waals surface area contributed by atoms with E-state index in [1.54, 1.807) is 0 Å². The Hall–Kier alpha value is -2.16. The molecule has 1 aliphatic heterocycles. The van der Waals surface area contributed by atoms with E-state index in [1.807, 2.05) is 0 Å². The molecule has 4 rings (SSSR count). The first-order valence-electron chi connectivity index (χ1n) is 12.8. The second kappa shape index (κ2) is 8.26. The predicted octanol–water partition coefficient (Wildman–Crippen LogP) is 5.76. The summed E-state index contributed by atoms with van der Waals surface area (Å²) in [4.78, 5) is 39.7. The van der Waals surface area contributed by atoms with Crippen LogP contribution in [0.15, 0.2) is 0 Å². The van der Waals surface area contributed by atoms with Gasteiger partial charge in [0.15, 0.2) is 5.41 Å². The Morgan fingerprint density at radius 3 is 1.71 bits per heavy atom. The van der Waals surface area contributed by atoms with Gasteiger partial charge in [0.25, 0.3) is 0 Å². The van der Waals surface area contributed by atoms with Crippen molar-refractivity contribution >= 4 is 17.8 Å². The number of hydrogen-bond donors (Lipinski definition) is 0. The molecule has 0 N–H and O–H groups in total. The lowest BCUT2D eigenvalue weighted by Gasteiger charge is -2.52. The second-order valence-electron chi connectivity index (χ2n) is 12.6. The highest BCUT2D eigenvalue weighted by atomic mass is 19.4. The summed E-state index contributed by atoms with van der Waals surface area (Å²) in [5.74, 6) is -39.9. The number of ether oxygens (including phenoxy) is 1. The minimum absolute atomic E-state index is 0.0929. The van der Waals surface area contributed by atoms with Crippen molar-refractivity contribution < 1.29 is 67.4 Å². The zero-order valence-corrected chi connectivity index (χ0v) is 22.6. The number of halogens is 11. The maximum Gasteiger partial charge on any atom is 0.404 e. The molecule has 41 heavy (non-hydrogen) atoms. The largest absolute Gasteiger partial charge is 0.459 e. The molecule has 234 valence electrons. The first-order chi connectivity index (χ1) is 18.2. The smallest absolute Gasteiger partial charge is 0.404 e. The number of nitrogens with zero attached hydrogens (tertiary/aromatic N) is 1. The molecule has 2 amide bonds. The normalized spacial score (nSPS) is 42.4. The van der Waals surface area contributed by atoms with Crippen molar-refractivity contribution in [2.75, 3.05) is 6.54 Å². The van der Waals surface area contributed by atoms with E-state index in [9.17, 15) is 36.3 Å². The summed E-state index contributed by atoms with van der Waals surface area (Å²) in [6, 6.07) is 0. The van der Waals surface area contributed by atoms with Gasteiger partial charge in [-0.3, -0.25) is 19.3 Å². The average Bonchev–Trinajstić information content (AvgIpc) is 3.39. The number of amides is 2. The van der Waals surface area contributed by atoms with Crippen LogP contribution in [0, 0.1) is 40.9 Å². The Balaban J connectivity index is 2.07. The predicted molar refractivity (Wildman–Crippen MR) is 116 cm³/mol. The number of imide groups is 1. The summed E-state index contributed by atoms with van der Waals surface area (Å²) < 4.78 is 172.